The van der Waals surface area contributed by atoms with E-state index in [1.807, 2.05) is 24.3 Å². The van der Waals surface area contributed by atoms with Crippen LogP contribution in [0.25, 0.3) is 0 Å². The highest BCUT2D eigenvalue weighted by molar-refractivity contribution is 6.44. The van der Waals surface area contributed by atoms with Crippen molar-refractivity contribution < 1.29 is 4.79 Å². The number of rotatable bonds is 5. The van der Waals surface area contributed by atoms with Crippen LogP contribution in [0.1, 0.15) is 41.3 Å². The van der Waals surface area contributed by atoms with Gasteiger partial charge in [-0.05, 0) is 30.5 Å². The van der Waals surface area contributed by atoms with Crippen LogP contribution in [0.4, 0.5) is 0 Å². The Balaban J connectivity index is 2.23. The summed E-state index contributed by atoms with van der Waals surface area (Å²) in [5.74, 6) is -0.0976. The molecule has 0 atom stereocenters. The lowest BCUT2D eigenvalue weighted by Gasteiger charge is -2.06. The summed E-state index contributed by atoms with van der Waals surface area (Å²) in [6, 6.07) is 12.8. The Bertz CT molecular complexity index is 603. The SMILES string of the molecule is CCCCc1ccc(C(=O)c2cccc(Cl)c2Cl)cc1. The van der Waals surface area contributed by atoms with Crippen LogP contribution >= 0.6 is 23.2 Å². The molecule has 0 aliphatic heterocycles. The van der Waals surface area contributed by atoms with E-state index in [2.05, 4.69) is 6.92 Å². The summed E-state index contributed by atoms with van der Waals surface area (Å²) in [6.45, 7) is 2.17. The van der Waals surface area contributed by atoms with Gasteiger partial charge in [0.25, 0.3) is 0 Å². The van der Waals surface area contributed by atoms with E-state index in [-0.39, 0.29) is 5.78 Å². The van der Waals surface area contributed by atoms with E-state index in [9.17, 15) is 4.79 Å². The van der Waals surface area contributed by atoms with Crippen molar-refractivity contribution in [3.8, 4) is 0 Å². The molecule has 2 rings (SSSR count). The van der Waals surface area contributed by atoms with Gasteiger partial charge in [0.05, 0.1) is 10.0 Å². The molecular formula is C17H16Cl2O. The van der Waals surface area contributed by atoms with Crippen LogP contribution < -0.4 is 0 Å². The molecule has 0 saturated heterocycles. The molecule has 2 aromatic rings. The van der Waals surface area contributed by atoms with Crippen molar-refractivity contribution >= 4 is 29.0 Å². The number of carbonyl (C=O) groups excluding carboxylic acids is 1. The Kier molecular flexibility index (Phi) is 5.22. The van der Waals surface area contributed by atoms with Gasteiger partial charge in [-0.3, -0.25) is 4.79 Å². The van der Waals surface area contributed by atoms with E-state index in [0.717, 1.165) is 12.8 Å². The Labute approximate surface area is 129 Å². The van der Waals surface area contributed by atoms with Gasteiger partial charge >= 0.3 is 0 Å². The Morgan fingerprint density at radius 1 is 1.05 bits per heavy atom. The van der Waals surface area contributed by atoms with Crippen LogP contribution in [0.5, 0.6) is 0 Å². The van der Waals surface area contributed by atoms with Gasteiger partial charge in [-0.15, -0.1) is 0 Å². The number of hydrogen-bond acceptors (Lipinski definition) is 1. The molecule has 20 heavy (non-hydrogen) atoms. The summed E-state index contributed by atoms with van der Waals surface area (Å²) < 4.78 is 0. The first-order chi connectivity index (χ1) is 9.63. The van der Waals surface area contributed by atoms with Crippen LogP contribution in [0.15, 0.2) is 42.5 Å². The molecular weight excluding hydrogens is 291 g/mol. The lowest BCUT2D eigenvalue weighted by atomic mass is 10.0. The van der Waals surface area contributed by atoms with Crippen molar-refractivity contribution in [2.45, 2.75) is 26.2 Å². The largest absolute Gasteiger partial charge is 0.289 e. The predicted octanol–water partition coefficient (Wildman–Crippen LogP) is 5.57. The van der Waals surface area contributed by atoms with Crippen molar-refractivity contribution in [3.05, 3.63) is 69.2 Å². The number of halogens is 2. The second-order valence-electron chi connectivity index (χ2n) is 4.73. The third-order valence-corrected chi connectivity index (χ3v) is 4.05. The third-order valence-electron chi connectivity index (χ3n) is 3.23. The van der Waals surface area contributed by atoms with Crippen molar-refractivity contribution in [2.75, 3.05) is 0 Å². The summed E-state index contributed by atoms with van der Waals surface area (Å²) in [6.07, 6.45) is 3.37. The number of aryl methyl sites for hydroxylation is 1. The van der Waals surface area contributed by atoms with Gasteiger partial charge in [0, 0.05) is 11.1 Å². The van der Waals surface area contributed by atoms with Crippen molar-refractivity contribution in [1.82, 2.24) is 0 Å². The second-order valence-corrected chi connectivity index (χ2v) is 5.52. The zero-order valence-corrected chi connectivity index (χ0v) is 12.8. The van der Waals surface area contributed by atoms with Crippen LogP contribution in [0.2, 0.25) is 10.0 Å². The molecule has 104 valence electrons. The molecule has 2 aromatic carbocycles. The number of benzene rings is 2. The molecule has 1 nitrogen and oxygen atoms in total. The molecule has 0 bridgehead atoms. The maximum absolute atomic E-state index is 12.4. The lowest BCUT2D eigenvalue weighted by Crippen LogP contribution is -2.02. The first-order valence-corrected chi connectivity index (χ1v) is 7.46. The molecule has 0 unspecified atom stereocenters. The van der Waals surface area contributed by atoms with Crippen molar-refractivity contribution in [2.24, 2.45) is 0 Å². The predicted molar refractivity (Wildman–Crippen MR) is 84.9 cm³/mol. The van der Waals surface area contributed by atoms with Gasteiger partial charge in [0.2, 0.25) is 0 Å². The minimum atomic E-state index is -0.0976. The van der Waals surface area contributed by atoms with Crippen molar-refractivity contribution in [1.29, 1.82) is 0 Å². The molecule has 0 radical (unpaired) electrons. The number of unbranched alkanes of at least 4 members (excludes halogenated alkanes) is 1. The Morgan fingerprint density at radius 2 is 1.75 bits per heavy atom. The fourth-order valence-corrected chi connectivity index (χ4v) is 2.42. The zero-order chi connectivity index (χ0) is 14.5. The van der Waals surface area contributed by atoms with E-state index >= 15 is 0 Å². The number of ketones is 1. The molecule has 0 fully saturated rings. The van der Waals surface area contributed by atoms with E-state index in [0.29, 0.717) is 21.2 Å². The van der Waals surface area contributed by atoms with Gasteiger partial charge in [-0.25, -0.2) is 0 Å². The second kappa shape index (κ2) is 6.92. The number of carbonyl (C=O) groups is 1. The monoisotopic (exact) mass is 306 g/mol. The molecule has 0 saturated carbocycles. The average Bonchev–Trinajstić information content (AvgIpc) is 2.48. The summed E-state index contributed by atoms with van der Waals surface area (Å²) in [4.78, 5) is 12.4. The molecule has 0 aliphatic carbocycles. The topological polar surface area (TPSA) is 17.1 Å². The fourth-order valence-electron chi connectivity index (χ4n) is 2.04. The van der Waals surface area contributed by atoms with Gasteiger partial charge < -0.3 is 0 Å². The summed E-state index contributed by atoms with van der Waals surface area (Å²) in [5.41, 5.74) is 2.33. The maximum Gasteiger partial charge on any atom is 0.194 e. The van der Waals surface area contributed by atoms with E-state index in [4.69, 9.17) is 23.2 Å². The molecule has 0 aliphatic rings. The highest BCUT2D eigenvalue weighted by Gasteiger charge is 2.14. The molecule has 0 N–H and O–H groups in total. The summed E-state index contributed by atoms with van der Waals surface area (Å²) >= 11 is 12.0. The van der Waals surface area contributed by atoms with Gasteiger partial charge in [-0.2, -0.15) is 0 Å². The highest BCUT2D eigenvalue weighted by Crippen LogP contribution is 2.27. The van der Waals surface area contributed by atoms with E-state index < -0.39 is 0 Å². The fraction of sp³-hybridized carbons (Fsp3) is 0.235. The first-order valence-electron chi connectivity index (χ1n) is 6.71. The number of hydrogen-bond donors (Lipinski definition) is 0. The average molecular weight is 307 g/mol. The summed E-state index contributed by atoms with van der Waals surface area (Å²) in [7, 11) is 0. The normalized spacial score (nSPS) is 10.6. The zero-order valence-electron chi connectivity index (χ0n) is 11.3. The Hall–Kier alpha value is -1.31. The highest BCUT2D eigenvalue weighted by atomic mass is 35.5. The first kappa shape index (κ1) is 15.1. The summed E-state index contributed by atoms with van der Waals surface area (Å²) in [5, 5.41) is 0.714. The van der Waals surface area contributed by atoms with Gasteiger partial charge in [-0.1, -0.05) is 66.9 Å². The van der Waals surface area contributed by atoms with Crippen molar-refractivity contribution in [3.63, 3.8) is 0 Å². The molecule has 0 heterocycles. The molecule has 0 aromatic heterocycles. The van der Waals surface area contributed by atoms with Gasteiger partial charge in [0.15, 0.2) is 5.78 Å². The Morgan fingerprint density at radius 3 is 2.40 bits per heavy atom. The maximum atomic E-state index is 12.4. The van der Waals surface area contributed by atoms with E-state index in [1.54, 1.807) is 18.2 Å². The van der Waals surface area contributed by atoms with E-state index in [1.165, 1.54) is 12.0 Å². The van der Waals surface area contributed by atoms with Crippen LogP contribution in [-0.4, -0.2) is 5.78 Å². The molecule has 0 amide bonds. The quantitative estimate of drug-likeness (QED) is 0.660. The van der Waals surface area contributed by atoms with Gasteiger partial charge in [0.1, 0.15) is 0 Å². The standard InChI is InChI=1S/C17H16Cl2O/c1-2-3-5-12-8-10-13(11-9-12)17(20)14-6-4-7-15(18)16(14)19/h4,6-11H,2-3,5H2,1H3. The van der Waals surface area contributed by atoms with Crippen LogP contribution in [0, 0.1) is 0 Å². The minimum absolute atomic E-state index is 0.0976. The smallest absolute Gasteiger partial charge is 0.194 e. The molecule has 3 heteroatoms. The minimum Gasteiger partial charge on any atom is -0.289 e. The molecule has 0 spiro atoms. The van der Waals surface area contributed by atoms with Crippen LogP contribution in [-0.2, 0) is 6.42 Å². The lowest BCUT2D eigenvalue weighted by molar-refractivity contribution is 0.103. The third kappa shape index (κ3) is 3.41. The van der Waals surface area contributed by atoms with Crippen LogP contribution in [0.3, 0.4) is 0 Å².